The number of halogens is 1. The fourth-order valence-corrected chi connectivity index (χ4v) is 1.91. The number of hydrogen-bond donors (Lipinski definition) is 0. The molecule has 11 heavy (non-hydrogen) atoms. The maximum Gasteiger partial charge on any atom is 0.185 e. The second-order valence-corrected chi connectivity index (χ2v) is 4.96. The average molecular weight is 267 g/mol. The van der Waals surface area contributed by atoms with Gasteiger partial charge in [0.2, 0.25) is 0 Å². The van der Waals surface area contributed by atoms with E-state index in [1.807, 2.05) is 0 Å². The minimum absolute atomic E-state index is 0.351. The summed E-state index contributed by atoms with van der Waals surface area (Å²) in [5, 5.41) is 0. The molecule has 1 rings (SSSR count). The molecule has 2 atom stereocenters. The van der Waals surface area contributed by atoms with E-state index >= 15 is 0 Å². The molecule has 1 aliphatic heterocycles. The highest BCUT2D eigenvalue weighted by atomic mass is 127. The van der Waals surface area contributed by atoms with Gasteiger partial charge in [-0.2, -0.15) is 0 Å². The summed E-state index contributed by atoms with van der Waals surface area (Å²) in [5.74, 6) is 0. The highest BCUT2D eigenvalue weighted by Crippen LogP contribution is 2.15. The zero-order chi connectivity index (χ0) is 8.27. The summed E-state index contributed by atoms with van der Waals surface area (Å²) in [4.78, 5) is 2.34. The highest BCUT2D eigenvalue weighted by Gasteiger charge is 2.18. The van der Waals surface area contributed by atoms with E-state index in [-0.39, 0.29) is 0 Å². The van der Waals surface area contributed by atoms with Crippen molar-refractivity contribution < 1.29 is 4.74 Å². The van der Waals surface area contributed by atoms with Crippen LogP contribution in [0, 0.1) is 0 Å². The van der Waals surface area contributed by atoms with Crippen LogP contribution < -0.4 is 0 Å². The fraction of sp³-hybridized carbons (Fsp3) is 1.00. The molecule has 2 nitrogen and oxygen atoms in total. The summed E-state index contributed by atoms with van der Waals surface area (Å²) in [5.41, 5.74) is 0. The van der Waals surface area contributed by atoms with E-state index in [1.165, 1.54) is 19.4 Å². The predicted molar refractivity (Wildman–Crippen MR) is 57.7 cm³/mol. The number of nitrogens with zero attached hydrogens (tertiary/aromatic N) is 1. The molecule has 0 spiro atoms. The topological polar surface area (TPSA) is 12.5 Å². The maximum atomic E-state index is 5.71. The van der Waals surface area contributed by atoms with Crippen LogP contribution in [0.2, 0.25) is 0 Å². The zero-order valence-electron chi connectivity index (χ0n) is 7.22. The van der Waals surface area contributed by atoms with Crippen LogP contribution in [0.5, 0.6) is 0 Å². The third-order valence-corrected chi connectivity index (χ3v) is 2.25. The molecule has 64 valence electrons. The Balaban J connectivity index is 2.23. The highest BCUT2D eigenvalue weighted by molar-refractivity contribution is 14.1. The molecule has 0 radical (unpaired) electrons. The summed E-state index contributed by atoms with van der Waals surface area (Å²) in [7, 11) is 2.16. The lowest BCUT2D eigenvalue weighted by Crippen LogP contribution is -2.38. The Morgan fingerprint density at radius 1 is 1.73 bits per heavy atom. The number of hydrogen-bond acceptors (Lipinski definition) is 2. The smallest absolute Gasteiger partial charge is 0.185 e. The molecule has 1 fully saturated rings. The number of alkyl halides is 1. The van der Waals surface area contributed by atoms with E-state index in [2.05, 4.69) is 42.3 Å². The first-order chi connectivity index (χ1) is 5.18. The van der Waals surface area contributed by atoms with Gasteiger partial charge in [0.1, 0.15) is 4.11 Å². The molecule has 0 aromatic carbocycles. The number of rotatable bonds is 2. The fourth-order valence-electron chi connectivity index (χ4n) is 1.50. The lowest BCUT2D eigenvalue weighted by molar-refractivity contribution is 0.0182. The molecule has 2 unspecified atom stereocenters. The third kappa shape index (κ3) is 3.76. The first kappa shape index (κ1) is 9.80. The molecule has 0 amide bonds. The maximum absolute atomic E-state index is 5.71. The van der Waals surface area contributed by atoms with Crippen LogP contribution in [-0.4, -0.2) is 36.1 Å². The molecular formula is C7H15BINO. The lowest BCUT2D eigenvalue weighted by Gasteiger charge is -2.30. The van der Waals surface area contributed by atoms with Crippen molar-refractivity contribution in [1.82, 2.24) is 4.81 Å². The molecule has 0 aromatic heterocycles. The van der Waals surface area contributed by atoms with Gasteiger partial charge in [-0.25, -0.2) is 0 Å². The van der Waals surface area contributed by atoms with Crippen molar-refractivity contribution in [2.24, 2.45) is 0 Å². The number of ether oxygens (including phenoxy) is 1. The van der Waals surface area contributed by atoms with Crippen molar-refractivity contribution >= 4 is 30.6 Å². The van der Waals surface area contributed by atoms with Gasteiger partial charge in [0.05, 0.1) is 6.10 Å². The van der Waals surface area contributed by atoms with Gasteiger partial charge in [-0.3, -0.25) is 0 Å². The van der Waals surface area contributed by atoms with E-state index in [9.17, 15) is 0 Å². The summed E-state index contributed by atoms with van der Waals surface area (Å²) in [6, 6.07) is 0. The van der Waals surface area contributed by atoms with Gasteiger partial charge >= 0.3 is 0 Å². The van der Waals surface area contributed by atoms with Gasteiger partial charge in [0.25, 0.3) is 0 Å². The Labute approximate surface area is 83.2 Å². The Morgan fingerprint density at radius 3 is 3.00 bits per heavy atom. The van der Waals surface area contributed by atoms with E-state index < -0.39 is 0 Å². The Kier molecular flexibility index (Phi) is 4.16. The van der Waals surface area contributed by atoms with Crippen molar-refractivity contribution in [2.75, 3.05) is 13.1 Å². The van der Waals surface area contributed by atoms with Gasteiger partial charge in [-0.15, -0.1) is 0 Å². The van der Waals surface area contributed by atoms with Crippen LogP contribution in [0.25, 0.3) is 0 Å². The van der Waals surface area contributed by atoms with Crippen molar-refractivity contribution in [3.8, 4) is 0 Å². The van der Waals surface area contributed by atoms with Crippen LogP contribution in [-0.2, 0) is 4.74 Å². The van der Waals surface area contributed by atoms with Gasteiger partial charge in [-0.1, -0.05) is 22.6 Å². The average Bonchev–Trinajstić information content (AvgIpc) is 1.85. The van der Waals surface area contributed by atoms with Crippen molar-refractivity contribution in [3.63, 3.8) is 0 Å². The van der Waals surface area contributed by atoms with Gasteiger partial charge < -0.3 is 9.55 Å². The van der Waals surface area contributed by atoms with Crippen LogP contribution in [0.15, 0.2) is 0 Å². The molecule has 4 heteroatoms. The summed E-state index contributed by atoms with van der Waals surface area (Å²) in [6.07, 6.45) is 2.99. The molecular weight excluding hydrogens is 252 g/mol. The van der Waals surface area contributed by atoms with Crippen LogP contribution in [0.3, 0.4) is 0 Å². The lowest BCUT2D eigenvalue weighted by atomic mass is 10.1. The van der Waals surface area contributed by atoms with Gasteiger partial charge in [0, 0.05) is 6.54 Å². The quantitative estimate of drug-likeness (QED) is 0.417. The molecule has 0 aromatic rings. The van der Waals surface area contributed by atoms with Crippen molar-refractivity contribution in [3.05, 3.63) is 0 Å². The predicted octanol–water partition coefficient (Wildman–Crippen LogP) is 0.796. The summed E-state index contributed by atoms with van der Waals surface area (Å²) >= 11 is 2.31. The first-order valence-electron chi connectivity index (χ1n) is 4.16. The molecule has 1 aliphatic rings. The van der Waals surface area contributed by atoms with Gasteiger partial charge in [-0.05, 0) is 26.3 Å². The van der Waals surface area contributed by atoms with E-state index in [0.29, 0.717) is 10.2 Å². The normalized spacial score (nSPS) is 30.2. The van der Waals surface area contributed by atoms with E-state index in [1.54, 1.807) is 0 Å². The summed E-state index contributed by atoms with van der Waals surface area (Å²) in [6.45, 7) is 4.43. The molecule has 1 saturated heterocycles. The van der Waals surface area contributed by atoms with Crippen molar-refractivity contribution in [2.45, 2.75) is 30.0 Å². The standard InChI is InChI=1S/C7H15BINO/c1-6(9)11-7-3-2-4-10(8)5-7/h6-7H,2-5,8H2,1H3. The molecule has 0 bridgehead atoms. The molecule has 1 heterocycles. The summed E-state index contributed by atoms with van der Waals surface area (Å²) < 4.78 is 6.06. The molecule has 0 aliphatic carbocycles. The first-order valence-corrected chi connectivity index (χ1v) is 5.41. The SMILES string of the molecule is BN1CCCC(OC(C)I)C1. The van der Waals surface area contributed by atoms with Crippen molar-refractivity contribution in [1.29, 1.82) is 0 Å². The van der Waals surface area contributed by atoms with Gasteiger partial charge in [0.15, 0.2) is 7.98 Å². The Morgan fingerprint density at radius 2 is 2.45 bits per heavy atom. The minimum atomic E-state index is 0.351. The third-order valence-electron chi connectivity index (χ3n) is 1.96. The number of piperidine rings is 1. The van der Waals surface area contributed by atoms with E-state index in [4.69, 9.17) is 4.74 Å². The van der Waals surface area contributed by atoms with E-state index in [0.717, 1.165) is 6.54 Å². The molecule has 0 saturated carbocycles. The monoisotopic (exact) mass is 267 g/mol. The Hall–Kier alpha value is 0.715. The second-order valence-electron chi connectivity index (χ2n) is 3.21. The van der Waals surface area contributed by atoms with Crippen LogP contribution in [0.1, 0.15) is 19.8 Å². The largest absolute Gasteiger partial charge is 0.364 e. The molecule has 0 N–H and O–H groups in total. The zero-order valence-corrected chi connectivity index (χ0v) is 9.37. The second kappa shape index (κ2) is 4.67. The van der Waals surface area contributed by atoms with Crippen LogP contribution >= 0.6 is 22.6 Å². The Bertz CT molecular complexity index is 121. The minimum Gasteiger partial charge on any atom is -0.364 e. The van der Waals surface area contributed by atoms with Crippen LogP contribution in [0.4, 0.5) is 0 Å².